The second kappa shape index (κ2) is 15.6. The number of fused-ring (bicyclic) bond motifs is 1. The molecule has 1 saturated heterocycles. The van der Waals surface area contributed by atoms with Gasteiger partial charge in [0.05, 0.1) is 22.2 Å². The third-order valence-electron chi connectivity index (χ3n) is 7.52. The molecule has 6 rings (SSSR count). The minimum Gasteiger partial charge on any atom is -1.00 e. The number of nitrogens with two attached hydrogens (primary N) is 2. The van der Waals surface area contributed by atoms with Crippen LogP contribution >= 0.6 is 11.5 Å². The number of aromatic nitrogens is 3. The van der Waals surface area contributed by atoms with Crippen molar-refractivity contribution < 1.29 is 56.7 Å². The van der Waals surface area contributed by atoms with Gasteiger partial charge in [-0.3, -0.25) is 18.7 Å². The molecule has 2 unspecified atom stereocenters. The molecular weight excluding hydrogens is 783 g/mol. The molecule has 2 amide bonds. The molecule has 1 fully saturated rings. The fourth-order valence-corrected chi connectivity index (χ4v) is 7.53. The van der Waals surface area contributed by atoms with E-state index < -0.39 is 46.1 Å². The topological polar surface area (TPSA) is 196 Å². The summed E-state index contributed by atoms with van der Waals surface area (Å²) in [6.45, 7) is 1.93. The number of ether oxygens (including phenoxy) is 1. The third kappa shape index (κ3) is 7.62. The summed E-state index contributed by atoms with van der Waals surface area (Å²) >= 11 is 0.857. The summed E-state index contributed by atoms with van der Waals surface area (Å²) in [6.07, 6.45) is 2.61. The van der Waals surface area contributed by atoms with Crippen LogP contribution in [0.15, 0.2) is 102 Å². The zero-order valence-electron chi connectivity index (χ0n) is 26.0. The number of carbonyl (C=O) groups excluding carboxylic acids is 3. The van der Waals surface area contributed by atoms with Crippen LogP contribution in [0, 0.1) is 0 Å². The number of anilines is 2. The van der Waals surface area contributed by atoms with Gasteiger partial charge in [-0.1, -0.05) is 65.8 Å². The number of esters is 1. The van der Waals surface area contributed by atoms with Gasteiger partial charge in [-0.2, -0.15) is 13.9 Å². The largest absolute Gasteiger partial charge is 1.00 e. The lowest BCUT2D eigenvalue weighted by Crippen LogP contribution is -3.00. The Kier molecular flexibility index (Phi) is 11.4. The average Bonchev–Trinajstić information content (AvgIpc) is 3.52. The predicted molar refractivity (Wildman–Crippen MR) is 177 cm³/mol. The molecule has 4 heterocycles. The summed E-state index contributed by atoms with van der Waals surface area (Å²) in [5.41, 5.74) is 13.7. The van der Waals surface area contributed by atoms with Crippen molar-refractivity contribution in [3.8, 4) is 0 Å². The standard InChI is InChI=1S/C32H30N8O6S2.HI/c1-2-45-37-23(27-36-32(34)47-38-27)28(41)35-24-29(42)40-25(21(18-48(44)30(24)40)16-39-15-9-14-22(33)17-39)31(43)46-26(19-10-5-3-6-11-19)20-12-7-4-8-13-20;/h3-15,17,24,26,30H,2,16,18,33H2,1H3,(H2-,34,35,36,38,41);1H/t24?,30-,48?;/m1./s1. The Morgan fingerprint density at radius 3 is 2.37 bits per heavy atom. The van der Waals surface area contributed by atoms with E-state index >= 15 is 0 Å². The number of hydrogen-bond acceptors (Lipinski definition) is 12. The van der Waals surface area contributed by atoms with Gasteiger partial charge < -0.3 is 50.3 Å². The fourth-order valence-electron chi connectivity index (χ4n) is 5.42. The minimum absolute atomic E-state index is 0. The van der Waals surface area contributed by atoms with Crippen molar-refractivity contribution in [1.29, 1.82) is 0 Å². The van der Waals surface area contributed by atoms with Crippen LogP contribution in [-0.4, -0.2) is 65.7 Å². The third-order valence-corrected chi connectivity index (χ3v) is 9.72. The molecule has 0 aliphatic carbocycles. The molecule has 0 spiro atoms. The van der Waals surface area contributed by atoms with Gasteiger partial charge in [0, 0.05) is 23.2 Å². The summed E-state index contributed by atoms with van der Waals surface area (Å²) in [6, 6.07) is 20.6. The summed E-state index contributed by atoms with van der Waals surface area (Å²) in [7, 11) is -1.73. The van der Waals surface area contributed by atoms with Crippen molar-refractivity contribution in [3.63, 3.8) is 0 Å². The number of amides is 2. The maximum atomic E-state index is 14.3. The summed E-state index contributed by atoms with van der Waals surface area (Å²) in [5, 5.41) is 5.45. The maximum Gasteiger partial charge on any atom is 0.356 e. The normalized spacial score (nSPS) is 18.7. The first-order chi connectivity index (χ1) is 23.2. The summed E-state index contributed by atoms with van der Waals surface area (Å²) < 4.78 is 25.7. The summed E-state index contributed by atoms with van der Waals surface area (Å²) in [5.74, 6) is -2.43. The number of benzene rings is 2. The lowest BCUT2D eigenvalue weighted by Gasteiger charge is -2.49. The van der Waals surface area contributed by atoms with Crippen LogP contribution in [0.1, 0.15) is 30.0 Å². The van der Waals surface area contributed by atoms with Crippen LogP contribution in [0.3, 0.4) is 0 Å². The molecule has 2 aromatic carbocycles. The Bertz CT molecular complexity index is 1900. The first-order valence-electron chi connectivity index (χ1n) is 14.8. The number of nitrogens with zero attached hydrogens (tertiary/aromatic N) is 5. The quantitative estimate of drug-likeness (QED) is 0.0398. The maximum absolute atomic E-state index is 14.3. The molecular formula is C32H31IN8O6S2. The SMILES string of the molecule is CCON=C(C(=O)NC1C(=O)N2C(C(=O)OC(c3ccccc3)c3ccccc3)=C(C[n+]3cccc(N)c3)CS(=O)[C@H]12)c1nsc(N)n1.[I-]. The first kappa shape index (κ1) is 35.6. The highest BCUT2D eigenvalue weighted by atomic mass is 127. The molecule has 2 aromatic heterocycles. The fraction of sp³-hybridized carbons (Fsp3) is 0.219. The minimum atomic E-state index is -1.73. The summed E-state index contributed by atoms with van der Waals surface area (Å²) in [4.78, 5) is 51.7. The zero-order valence-corrected chi connectivity index (χ0v) is 29.8. The van der Waals surface area contributed by atoms with E-state index in [0.29, 0.717) is 11.3 Å². The second-order valence-electron chi connectivity index (χ2n) is 10.8. The number of rotatable bonds is 11. The lowest BCUT2D eigenvalue weighted by atomic mass is 10.0. The van der Waals surface area contributed by atoms with Crippen molar-refractivity contribution in [1.82, 2.24) is 19.6 Å². The van der Waals surface area contributed by atoms with Crippen LogP contribution in [0.2, 0.25) is 0 Å². The van der Waals surface area contributed by atoms with E-state index in [1.807, 2.05) is 60.7 Å². The van der Waals surface area contributed by atoms with Crippen molar-refractivity contribution in [3.05, 3.63) is 113 Å². The number of nitrogens with one attached hydrogen (secondary N) is 1. The molecule has 0 bridgehead atoms. The average molecular weight is 815 g/mol. The molecule has 49 heavy (non-hydrogen) atoms. The van der Waals surface area contributed by atoms with Gasteiger partial charge in [-0.25, -0.2) is 4.79 Å². The number of pyridine rings is 1. The second-order valence-corrected chi connectivity index (χ2v) is 13.1. The Labute approximate surface area is 304 Å². The first-order valence-corrected chi connectivity index (χ1v) is 17.0. The van der Waals surface area contributed by atoms with Crippen LogP contribution in [0.25, 0.3) is 0 Å². The van der Waals surface area contributed by atoms with Gasteiger partial charge in [-0.05, 0) is 24.1 Å². The van der Waals surface area contributed by atoms with Gasteiger partial charge in [0.2, 0.25) is 11.5 Å². The van der Waals surface area contributed by atoms with Crippen molar-refractivity contribution in [2.45, 2.75) is 31.0 Å². The molecule has 14 nitrogen and oxygen atoms in total. The number of hydrogen-bond donors (Lipinski definition) is 3. The van der Waals surface area contributed by atoms with E-state index in [1.165, 1.54) is 0 Å². The number of β-lactam (4-membered cyclic amide) rings is 1. The van der Waals surface area contributed by atoms with E-state index in [9.17, 15) is 18.6 Å². The number of halogens is 1. The van der Waals surface area contributed by atoms with Crippen molar-refractivity contribution in [2.75, 3.05) is 23.8 Å². The Balaban J connectivity index is 0.00000468. The van der Waals surface area contributed by atoms with Gasteiger partial charge in [0.15, 0.2) is 30.2 Å². The number of oxime groups is 1. The van der Waals surface area contributed by atoms with E-state index in [-0.39, 0.29) is 65.2 Å². The molecule has 4 aromatic rings. The van der Waals surface area contributed by atoms with Crippen LogP contribution in [-0.2, 0) is 41.3 Å². The van der Waals surface area contributed by atoms with E-state index in [4.69, 9.17) is 21.0 Å². The molecule has 5 N–H and O–H groups in total. The Morgan fingerprint density at radius 1 is 1.10 bits per heavy atom. The van der Waals surface area contributed by atoms with E-state index in [0.717, 1.165) is 27.6 Å². The van der Waals surface area contributed by atoms with Crippen molar-refractivity contribution >= 4 is 56.6 Å². The van der Waals surface area contributed by atoms with Gasteiger partial charge >= 0.3 is 5.97 Å². The highest BCUT2D eigenvalue weighted by molar-refractivity contribution is 7.86. The molecule has 0 saturated carbocycles. The van der Waals surface area contributed by atoms with E-state index in [1.54, 1.807) is 36.0 Å². The number of carbonyl (C=O) groups is 3. The van der Waals surface area contributed by atoms with Crippen LogP contribution in [0.4, 0.5) is 10.8 Å². The predicted octanol–water partition coefficient (Wildman–Crippen LogP) is -1.56. The molecule has 2 aliphatic rings. The van der Waals surface area contributed by atoms with Gasteiger partial charge in [0.25, 0.3) is 11.8 Å². The Morgan fingerprint density at radius 2 is 1.78 bits per heavy atom. The van der Waals surface area contributed by atoms with Gasteiger partial charge in [-0.15, -0.1) is 0 Å². The highest BCUT2D eigenvalue weighted by Gasteiger charge is 2.58. The molecule has 17 heteroatoms. The lowest BCUT2D eigenvalue weighted by molar-refractivity contribution is -0.688. The Hall–Kier alpha value is -4.75. The molecule has 2 aliphatic heterocycles. The smallest absolute Gasteiger partial charge is 0.356 e. The molecule has 0 radical (unpaired) electrons. The molecule has 3 atom stereocenters. The van der Waals surface area contributed by atoms with Crippen molar-refractivity contribution in [2.24, 2.45) is 5.16 Å². The number of nitrogen functional groups attached to an aromatic ring is 2. The van der Waals surface area contributed by atoms with Crippen LogP contribution < -0.4 is 45.3 Å². The highest BCUT2D eigenvalue weighted by Crippen LogP contribution is 2.37. The zero-order chi connectivity index (χ0) is 33.8. The van der Waals surface area contributed by atoms with E-state index in [2.05, 4.69) is 19.8 Å². The molecule has 254 valence electrons. The monoisotopic (exact) mass is 814 g/mol. The van der Waals surface area contributed by atoms with Crippen LogP contribution in [0.5, 0.6) is 0 Å². The van der Waals surface area contributed by atoms with Gasteiger partial charge in [0.1, 0.15) is 23.7 Å².